The van der Waals surface area contributed by atoms with Gasteiger partial charge >= 0.3 is 24.9 Å². The van der Waals surface area contributed by atoms with E-state index in [4.69, 9.17) is 47.0 Å². The molecule has 7 aliphatic rings. The van der Waals surface area contributed by atoms with Crippen molar-refractivity contribution in [2.75, 3.05) is 0 Å². The number of carbonyl (C=O) groups is 3. The standard InChI is InChI=1S/C45H73BNO15/c1-24(2)36(47)39(50)54-27(5)30-16-12-11-13-17-32(48)42(7,8)34-21-19-26(4)45(57-34)38-41(52)56-31-23-29(53-28(31)6)15-14-18-33(49)43(9,10)35-22-20-25(3)44(58-35)37(40(51)55-30)59-46(60-38,61-44)62-45/h11-12,24-38,48-49H,13-23,47H2,1-10H3/q-1/p+1/b12-11-/t25-,26-,27-,28-,29-,30+,31+,32+,33-,34+,35+,36-,37+,38+,44+,45-,46?/m1/s1. The largest absolute Gasteiger partial charge is 0.536 e. The first-order valence-electron chi connectivity index (χ1n) is 23.4. The zero-order chi connectivity index (χ0) is 45.2. The number of carbonyl (C=O) groups excluding carboxylic acids is 3. The summed E-state index contributed by atoms with van der Waals surface area (Å²) in [5.74, 6) is -7.04. The Kier molecular flexibility index (Phi) is 13.8. The Morgan fingerprint density at radius 1 is 0.790 bits per heavy atom. The molecule has 0 aliphatic carbocycles. The number of aliphatic hydroxyl groups is 2. The van der Waals surface area contributed by atoms with Gasteiger partial charge in [-0.2, -0.15) is 0 Å². The second-order valence-corrected chi connectivity index (χ2v) is 21.0. The van der Waals surface area contributed by atoms with Crippen LogP contribution >= 0.6 is 0 Å². The topological polar surface area (TPSA) is 212 Å². The van der Waals surface area contributed by atoms with Gasteiger partial charge in [0.2, 0.25) is 0 Å². The second-order valence-electron chi connectivity index (χ2n) is 21.0. The van der Waals surface area contributed by atoms with Gasteiger partial charge in [0, 0.05) is 41.4 Å². The summed E-state index contributed by atoms with van der Waals surface area (Å²) in [6.07, 6.45) is -0.138. The van der Waals surface area contributed by atoms with Crippen molar-refractivity contribution in [3.8, 4) is 0 Å². The summed E-state index contributed by atoms with van der Waals surface area (Å²) in [6.45, 7) is 15.3. The summed E-state index contributed by atoms with van der Waals surface area (Å²) in [4.78, 5) is 43.0. The maximum Gasteiger partial charge on any atom is 0.536 e. The zero-order valence-corrected chi connectivity index (χ0v) is 38.6. The summed E-state index contributed by atoms with van der Waals surface area (Å²) >= 11 is 0. The first kappa shape index (κ1) is 47.8. The molecule has 6 saturated heterocycles. The lowest BCUT2D eigenvalue weighted by Gasteiger charge is -2.52. The lowest BCUT2D eigenvalue weighted by atomic mass is 9.73. The first-order valence-corrected chi connectivity index (χ1v) is 23.4. The molecule has 0 aromatic rings. The van der Waals surface area contributed by atoms with Gasteiger partial charge in [-0.1, -0.05) is 67.5 Å². The van der Waals surface area contributed by atoms with E-state index in [0.717, 1.165) is 0 Å². The highest BCUT2D eigenvalue weighted by molar-refractivity contribution is 6.56. The van der Waals surface area contributed by atoms with Crippen LogP contribution in [0.5, 0.6) is 0 Å². The number of allylic oxidation sites excluding steroid dienone is 1. The van der Waals surface area contributed by atoms with E-state index in [1.165, 1.54) is 0 Å². The van der Waals surface area contributed by atoms with E-state index in [1.807, 2.05) is 74.5 Å². The van der Waals surface area contributed by atoms with Crippen molar-refractivity contribution in [3.63, 3.8) is 0 Å². The molecule has 0 aromatic carbocycles. The summed E-state index contributed by atoms with van der Waals surface area (Å²) in [7, 11) is 0. The SMILES string of the molecule is CC(C)[C@@H]([NH3+])C(=O)O[C@H](C)[C@@H]1C/C=C\CC[C@H](O)C(C)(C)[C@@H]2CC[C@@H](C)[C@@]3(O2)O[B-]24O[C@@H](C(=O)O1)[C@@]1(O[C@@H](CC[C@H]1C)C(C)(C)[C@H](O)CCC[C@@H]1C[C@H](OC(=O)[C@@H]3O2)[C@@H](C)O1)O4. The molecule has 1 unspecified atom stereocenters. The number of hydrogen-bond acceptors (Lipinski definition) is 15. The Morgan fingerprint density at radius 3 is 1.90 bits per heavy atom. The molecular weight excluding hydrogens is 805 g/mol. The van der Waals surface area contributed by atoms with Crippen molar-refractivity contribution in [2.45, 2.75) is 225 Å². The number of esters is 3. The number of aliphatic hydroxyl groups excluding tert-OH is 2. The fourth-order valence-electron chi connectivity index (χ4n) is 10.6. The molecule has 17 atom stereocenters. The molecule has 6 fully saturated rings. The normalized spacial score (nSPS) is 46.3. The van der Waals surface area contributed by atoms with Crippen LogP contribution in [0.1, 0.15) is 140 Å². The Balaban J connectivity index is 1.36. The van der Waals surface area contributed by atoms with Gasteiger partial charge in [-0.05, 0) is 71.6 Å². The molecular formula is C45H74BNO15. The third kappa shape index (κ3) is 8.78. The van der Waals surface area contributed by atoms with Crippen LogP contribution in [0.2, 0.25) is 0 Å². The fraction of sp³-hybridized carbons (Fsp3) is 0.889. The van der Waals surface area contributed by atoms with Gasteiger partial charge in [-0.3, -0.25) is 0 Å². The van der Waals surface area contributed by atoms with Gasteiger partial charge in [0.15, 0.2) is 29.8 Å². The van der Waals surface area contributed by atoms with E-state index in [9.17, 15) is 19.8 Å². The Bertz CT molecular complexity index is 1680. The molecule has 0 amide bonds. The second kappa shape index (κ2) is 17.9. The quantitative estimate of drug-likeness (QED) is 0.157. The van der Waals surface area contributed by atoms with Gasteiger partial charge < -0.3 is 63.0 Å². The van der Waals surface area contributed by atoms with Crippen molar-refractivity contribution in [3.05, 3.63) is 12.2 Å². The highest BCUT2D eigenvalue weighted by Gasteiger charge is 2.73. The highest BCUT2D eigenvalue weighted by Crippen LogP contribution is 2.57. The minimum absolute atomic E-state index is 0.0893. The van der Waals surface area contributed by atoms with E-state index in [-0.39, 0.29) is 18.4 Å². The Hall–Kier alpha value is -2.19. The van der Waals surface area contributed by atoms with Crippen LogP contribution < -0.4 is 5.73 Å². The molecule has 7 aliphatic heterocycles. The average molecular weight is 880 g/mol. The van der Waals surface area contributed by atoms with Gasteiger partial charge in [-0.15, -0.1) is 0 Å². The number of quaternary nitrogens is 1. The molecule has 9 bridgehead atoms. The van der Waals surface area contributed by atoms with E-state index in [2.05, 4.69) is 5.73 Å². The summed E-state index contributed by atoms with van der Waals surface area (Å²) < 4.78 is 66.1. The van der Waals surface area contributed by atoms with E-state index < -0.39 is 126 Å². The number of ether oxygens (including phenoxy) is 6. The molecule has 0 saturated carbocycles. The zero-order valence-electron chi connectivity index (χ0n) is 38.6. The third-order valence-electron chi connectivity index (χ3n) is 15.6. The van der Waals surface area contributed by atoms with Crippen molar-refractivity contribution < 1.29 is 77.4 Å². The number of fused-ring (bicyclic) bond motifs is 6. The predicted octanol–water partition coefficient (Wildman–Crippen LogP) is 4.17. The molecule has 17 heteroatoms. The van der Waals surface area contributed by atoms with Crippen LogP contribution in [0.3, 0.4) is 0 Å². The maximum absolute atomic E-state index is 15.0. The Labute approximate surface area is 366 Å². The molecule has 0 radical (unpaired) electrons. The molecule has 7 heterocycles. The van der Waals surface area contributed by atoms with Crippen molar-refractivity contribution in [1.29, 1.82) is 0 Å². The predicted molar refractivity (Wildman–Crippen MR) is 222 cm³/mol. The summed E-state index contributed by atoms with van der Waals surface area (Å²) in [5, 5.41) is 23.6. The van der Waals surface area contributed by atoms with Crippen LogP contribution in [0.4, 0.5) is 0 Å². The van der Waals surface area contributed by atoms with Crippen LogP contribution in [0, 0.1) is 28.6 Å². The number of cyclic esters (lactones) is 1. The minimum Gasteiger partial charge on any atom is -0.504 e. The molecule has 5 N–H and O–H groups in total. The summed E-state index contributed by atoms with van der Waals surface area (Å²) in [5.41, 5.74) is 2.31. The Morgan fingerprint density at radius 2 is 1.34 bits per heavy atom. The smallest absolute Gasteiger partial charge is 0.504 e. The first-order chi connectivity index (χ1) is 29.0. The lowest BCUT2D eigenvalue weighted by molar-refractivity contribution is -0.419. The van der Waals surface area contributed by atoms with Crippen molar-refractivity contribution in [1.82, 2.24) is 0 Å². The molecule has 62 heavy (non-hydrogen) atoms. The average Bonchev–Trinajstić information content (AvgIpc) is 3.84. The van der Waals surface area contributed by atoms with Crippen LogP contribution in [-0.2, 0) is 61.4 Å². The maximum atomic E-state index is 15.0. The monoisotopic (exact) mass is 880 g/mol. The van der Waals surface area contributed by atoms with Gasteiger partial charge in [-0.25, -0.2) is 14.4 Å². The van der Waals surface area contributed by atoms with Crippen molar-refractivity contribution >= 4 is 24.9 Å². The lowest BCUT2D eigenvalue weighted by Crippen LogP contribution is -2.68. The van der Waals surface area contributed by atoms with Crippen LogP contribution in [0.15, 0.2) is 12.2 Å². The molecule has 16 nitrogen and oxygen atoms in total. The van der Waals surface area contributed by atoms with E-state index >= 15 is 4.79 Å². The van der Waals surface area contributed by atoms with Crippen LogP contribution in [-0.4, -0.2) is 120 Å². The van der Waals surface area contributed by atoms with Crippen LogP contribution in [0.25, 0.3) is 0 Å². The molecule has 7 rings (SSSR count). The third-order valence-corrected chi connectivity index (χ3v) is 15.6. The van der Waals surface area contributed by atoms with Gasteiger partial charge in [0.1, 0.15) is 18.3 Å². The molecule has 3 spiro atoms. The fourth-order valence-corrected chi connectivity index (χ4v) is 10.6. The van der Waals surface area contributed by atoms with Gasteiger partial charge in [0.25, 0.3) is 0 Å². The van der Waals surface area contributed by atoms with E-state index in [0.29, 0.717) is 64.2 Å². The number of hydrogen-bond donors (Lipinski definition) is 3. The highest BCUT2D eigenvalue weighted by atomic mass is 17.0. The molecule has 352 valence electrons. The summed E-state index contributed by atoms with van der Waals surface area (Å²) in [6, 6.07) is -0.652. The van der Waals surface area contributed by atoms with E-state index in [1.54, 1.807) is 6.92 Å². The van der Waals surface area contributed by atoms with Crippen molar-refractivity contribution in [2.24, 2.45) is 28.6 Å². The molecule has 0 aromatic heterocycles. The van der Waals surface area contributed by atoms with Gasteiger partial charge in [0.05, 0.1) is 36.6 Å². The minimum atomic E-state index is -3.52. The number of rotatable bonds is 4.